The number of nitriles is 1. The van der Waals surface area contributed by atoms with Crippen molar-refractivity contribution in [3.63, 3.8) is 0 Å². The summed E-state index contributed by atoms with van der Waals surface area (Å²) >= 11 is 0. The molecule has 12 heteroatoms. The van der Waals surface area contributed by atoms with Gasteiger partial charge in [0.05, 0.1) is 25.3 Å². The van der Waals surface area contributed by atoms with Gasteiger partial charge in [-0.25, -0.2) is 17.6 Å². The van der Waals surface area contributed by atoms with E-state index in [2.05, 4.69) is 5.32 Å². The predicted molar refractivity (Wildman–Crippen MR) is 127 cm³/mol. The van der Waals surface area contributed by atoms with Crippen LogP contribution in [0.4, 0.5) is 23.2 Å². The van der Waals surface area contributed by atoms with Crippen LogP contribution in [0.5, 0.6) is 5.75 Å². The largest absolute Gasteiger partial charge is 0.497 e. The average molecular weight is 528 g/mol. The van der Waals surface area contributed by atoms with Crippen molar-refractivity contribution in [2.75, 3.05) is 18.6 Å². The summed E-state index contributed by atoms with van der Waals surface area (Å²) in [7, 11) is 1.22. The number of nitrogens with zero attached hydrogens (tertiary/aromatic N) is 3. The summed E-state index contributed by atoms with van der Waals surface area (Å²) in [5.74, 6) is -5.11. The molecule has 1 fully saturated rings. The quantitative estimate of drug-likeness (QED) is 0.475. The molecule has 2 heterocycles. The lowest BCUT2D eigenvalue weighted by molar-refractivity contribution is -0.118. The van der Waals surface area contributed by atoms with Crippen LogP contribution in [0.2, 0.25) is 0 Å². The van der Waals surface area contributed by atoms with E-state index >= 15 is 8.78 Å². The number of halogens is 4. The molecule has 196 valence electrons. The lowest BCUT2D eigenvalue weighted by Crippen LogP contribution is -2.44. The molecule has 1 unspecified atom stereocenters. The summed E-state index contributed by atoms with van der Waals surface area (Å²) in [6, 6.07) is 10.2. The Bertz CT molecular complexity index is 1460. The summed E-state index contributed by atoms with van der Waals surface area (Å²) in [5.41, 5.74) is -1.35. The van der Waals surface area contributed by atoms with Crippen LogP contribution >= 0.6 is 0 Å². The minimum absolute atomic E-state index is 0.0728. The molecule has 0 aliphatic carbocycles. The lowest BCUT2D eigenvalue weighted by Gasteiger charge is -2.20. The average Bonchev–Trinajstić information content (AvgIpc) is 3.19. The molecule has 2 aromatic carbocycles. The summed E-state index contributed by atoms with van der Waals surface area (Å²) in [6.07, 6.45) is -1.71. The van der Waals surface area contributed by atoms with E-state index in [1.165, 1.54) is 43.5 Å². The van der Waals surface area contributed by atoms with Gasteiger partial charge in [0.15, 0.2) is 0 Å². The van der Waals surface area contributed by atoms with E-state index in [4.69, 9.17) is 10.00 Å². The molecule has 1 N–H and O–H groups in total. The molecule has 1 aromatic heterocycles. The van der Waals surface area contributed by atoms with Crippen molar-refractivity contribution in [1.29, 1.82) is 5.26 Å². The molecule has 3 aromatic rings. The van der Waals surface area contributed by atoms with Crippen molar-refractivity contribution < 1.29 is 31.9 Å². The molecular weight excluding hydrogens is 508 g/mol. The molecule has 8 nitrogen and oxygen atoms in total. The zero-order valence-electron chi connectivity index (χ0n) is 19.8. The van der Waals surface area contributed by atoms with E-state index in [9.17, 15) is 23.2 Å². The maximum absolute atomic E-state index is 15.1. The highest BCUT2D eigenvalue weighted by atomic mass is 19.3. The van der Waals surface area contributed by atoms with Crippen molar-refractivity contribution in [3.05, 3.63) is 93.4 Å². The van der Waals surface area contributed by atoms with Crippen molar-refractivity contribution in [3.8, 4) is 11.8 Å². The normalized spacial score (nSPS) is 17.0. The second kappa shape index (κ2) is 10.8. The van der Waals surface area contributed by atoms with Crippen LogP contribution in [0.3, 0.4) is 0 Å². The van der Waals surface area contributed by atoms with Crippen LogP contribution in [-0.4, -0.2) is 42.5 Å². The second-order valence-electron chi connectivity index (χ2n) is 8.44. The zero-order chi connectivity index (χ0) is 27.6. The van der Waals surface area contributed by atoms with E-state index in [1.807, 2.05) is 6.07 Å². The molecule has 0 saturated carbocycles. The van der Waals surface area contributed by atoms with Crippen molar-refractivity contribution in [2.24, 2.45) is 0 Å². The minimum atomic E-state index is -2.84. The van der Waals surface area contributed by atoms with Crippen molar-refractivity contribution in [2.45, 2.75) is 24.9 Å². The van der Waals surface area contributed by atoms with E-state index in [0.717, 1.165) is 27.8 Å². The Morgan fingerprint density at radius 2 is 1.82 bits per heavy atom. The first kappa shape index (κ1) is 26.4. The molecule has 1 aliphatic heterocycles. The Labute approximate surface area is 213 Å². The summed E-state index contributed by atoms with van der Waals surface area (Å²) in [4.78, 5) is 40.2. The van der Waals surface area contributed by atoms with Crippen LogP contribution in [0, 0.1) is 23.0 Å². The number of alkyl halides is 2. The number of hydrogen-bond acceptors (Lipinski definition) is 5. The zero-order valence-corrected chi connectivity index (χ0v) is 19.8. The Hall–Kier alpha value is -4.66. The Morgan fingerprint density at radius 1 is 1.16 bits per heavy atom. The van der Waals surface area contributed by atoms with Crippen LogP contribution in [-0.2, 0) is 11.3 Å². The SMILES string of the molecule is COc1cc(F)c([C@@H]2CN(c3cccn(CC(F)F)c3=O)C(=O)C2NC(=O)c2ccc(C#N)cc2)c(F)c1. The van der Waals surface area contributed by atoms with Crippen LogP contribution in [0.15, 0.2) is 59.5 Å². The standard InChI is InChI=1S/C26H20F4N4O4/c1-38-16-9-18(27)22(19(28)10-16)17-12-34(20-3-2-8-33(25(20)36)13-21(29)30)26(37)23(17)32-24(35)15-6-4-14(11-31)5-7-15/h2-10,17,21,23H,12-13H2,1H3,(H,32,35)/t17-,23?/m0/s1. The van der Waals surface area contributed by atoms with Crippen LogP contribution in [0.1, 0.15) is 27.4 Å². The molecule has 0 radical (unpaired) electrons. The maximum Gasteiger partial charge on any atom is 0.274 e. The lowest BCUT2D eigenvalue weighted by atomic mass is 9.92. The van der Waals surface area contributed by atoms with Gasteiger partial charge in [-0.2, -0.15) is 5.26 Å². The molecule has 4 rings (SSSR count). The number of aromatic nitrogens is 1. The van der Waals surface area contributed by atoms with Gasteiger partial charge in [0.25, 0.3) is 17.9 Å². The Morgan fingerprint density at radius 3 is 2.39 bits per heavy atom. The van der Waals surface area contributed by atoms with Gasteiger partial charge in [0.1, 0.15) is 29.1 Å². The number of methoxy groups -OCH3 is 1. The van der Waals surface area contributed by atoms with Crippen LogP contribution in [0.25, 0.3) is 0 Å². The minimum Gasteiger partial charge on any atom is -0.497 e. The van der Waals surface area contributed by atoms with Crippen molar-refractivity contribution in [1.82, 2.24) is 9.88 Å². The second-order valence-corrected chi connectivity index (χ2v) is 8.44. The fourth-order valence-corrected chi connectivity index (χ4v) is 4.35. The maximum atomic E-state index is 15.1. The highest BCUT2D eigenvalue weighted by molar-refractivity contribution is 6.05. The monoisotopic (exact) mass is 528 g/mol. The van der Waals surface area contributed by atoms with Gasteiger partial charge in [0.2, 0.25) is 5.91 Å². The van der Waals surface area contributed by atoms with Gasteiger partial charge in [-0.05, 0) is 36.4 Å². The summed E-state index contributed by atoms with van der Waals surface area (Å²) in [5, 5.41) is 11.4. The van der Waals surface area contributed by atoms with E-state index in [1.54, 1.807) is 0 Å². The Kier molecular flexibility index (Phi) is 7.47. The first-order valence-electron chi connectivity index (χ1n) is 11.3. The number of nitrogens with one attached hydrogen (secondary N) is 1. The number of rotatable bonds is 7. The third kappa shape index (κ3) is 5.08. The number of carbonyl (C=O) groups excluding carboxylic acids is 2. The van der Waals surface area contributed by atoms with E-state index < -0.39 is 66.0 Å². The fraction of sp³-hybridized carbons (Fsp3) is 0.231. The molecule has 1 aliphatic rings. The molecule has 38 heavy (non-hydrogen) atoms. The molecule has 0 spiro atoms. The highest BCUT2D eigenvalue weighted by Crippen LogP contribution is 2.36. The molecule has 2 amide bonds. The van der Waals surface area contributed by atoms with Gasteiger partial charge >= 0.3 is 0 Å². The number of hydrogen-bond donors (Lipinski definition) is 1. The number of benzene rings is 2. The molecule has 0 bridgehead atoms. The van der Waals surface area contributed by atoms with E-state index in [0.29, 0.717) is 0 Å². The van der Waals surface area contributed by atoms with E-state index in [-0.39, 0.29) is 22.6 Å². The van der Waals surface area contributed by atoms with Gasteiger partial charge in [0, 0.05) is 41.9 Å². The summed E-state index contributed by atoms with van der Waals surface area (Å²) in [6.45, 7) is -1.34. The Balaban J connectivity index is 1.76. The molecular formula is C26H20F4N4O4. The fourth-order valence-electron chi connectivity index (χ4n) is 4.35. The summed E-state index contributed by atoms with van der Waals surface area (Å²) < 4.78 is 61.6. The third-order valence-electron chi connectivity index (χ3n) is 6.16. The number of ether oxygens (including phenoxy) is 1. The molecule has 1 saturated heterocycles. The van der Waals surface area contributed by atoms with Crippen molar-refractivity contribution >= 4 is 17.5 Å². The van der Waals surface area contributed by atoms with Gasteiger partial charge < -0.3 is 19.5 Å². The van der Waals surface area contributed by atoms with Gasteiger partial charge in [-0.3, -0.25) is 14.4 Å². The first-order valence-corrected chi connectivity index (χ1v) is 11.3. The molecule has 2 atom stereocenters. The number of pyridine rings is 1. The number of anilines is 1. The predicted octanol–water partition coefficient (Wildman–Crippen LogP) is 3.20. The third-order valence-corrected chi connectivity index (χ3v) is 6.16. The number of carbonyl (C=O) groups is 2. The smallest absolute Gasteiger partial charge is 0.274 e. The highest BCUT2D eigenvalue weighted by Gasteiger charge is 2.46. The first-order chi connectivity index (χ1) is 18.1. The topological polar surface area (TPSA) is 104 Å². The van der Waals surface area contributed by atoms with Gasteiger partial charge in [-0.15, -0.1) is 0 Å². The van der Waals surface area contributed by atoms with Gasteiger partial charge in [-0.1, -0.05) is 0 Å². The number of amides is 2. The van der Waals surface area contributed by atoms with Crippen LogP contribution < -0.4 is 20.5 Å².